The van der Waals surface area contributed by atoms with E-state index in [1.54, 1.807) is 12.3 Å². The van der Waals surface area contributed by atoms with Crippen LogP contribution in [0.25, 0.3) is 10.8 Å². The van der Waals surface area contributed by atoms with Gasteiger partial charge in [-0.15, -0.1) is 0 Å². The molecule has 2 N–H and O–H groups in total. The Bertz CT molecular complexity index is 1140. The zero-order valence-electron chi connectivity index (χ0n) is 18.1. The van der Waals surface area contributed by atoms with Gasteiger partial charge in [-0.25, -0.2) is 0 Å². The van der Waals surface area contributed by atoms with Crippen molar-refractivity contribution >= 4 is 22.6 Å². The fourth-order valence-corrected chi connectivity index (χ4v) is 5.35. The molecule has 2 fully saturated rings. The van der Waals surface area contributed by atoms with Gasteiger partial charge in [-0.1, -0.05) is 42.5 Å². The van der Waals surface area contributed by atoms with E-state index in [2.05, 4.69) is 9.88 Å². The lowest BCUT2D eigenvalue weighted by Crippen LogP contribution is -2.34. The number of rotatable bonds is 6. The molecule has 0 bridgehead atoms. The Hall–Kier alpha value is -3.25. The van der Waals surface area contributed by atoms with Crippen molar-refractivity contribution in [2.45, 2.75) is 12.8 Å². The first kappa shape index (κ1) is 20.6. The summed E-state index contributed by atoms with van der Waals surface area (Å²) < 4.78 is 0. The highest BCUT2D eigenvalue weighted by Gasteiger charge is 2.41. The van der Waals surface area contributed by atoms with Gasteiger partial charge in [0.25, 0.3) is 5.91 Å². The number of nitrogens with zero attached hydrogens (tertiary/aromatic N) is 3. The number of benzene rings is 2. The first-order valence-corrected chi connectivity index (χ1v) is 11.3. The number of hydrogen-bond donors (Lipinski definition) is 1. The number of fused-ring (bicyclic) bond motifs is 2. The monoisotopic (exact) mass is 428 g/mol. The molecule has 1 unspecified atom stereocenters. The molecule has 5 rings (SSSR count). The zero-order chi connectivity index (χ0) is 22.1. The molecule has 0 saturated carbocycles. The fourth-order valence-electron chi connectivity index (χ4n) is 5.35. The zero-order valence-corrected chi connectivity index (χ0v) is 18.1. The molecule has 3 aromatic rings. The van der Waals surface area contributed by atoms with Crippen molar-refractivity contribution in [3.63, 3.8) is 0 Å². The van der Waals surface area contributed by atoms with E-state index in [-0.39, 0.29) is 11.8 Å². The third-order valence-electron chi connectivity index (χ3n) is 6.93. The van der Waals surface area contributed by atoms with Gasteiger partial charge in [0.05, 0.1) is 0 Å². The summed E-state index contributed by atoms with van der Waals surface area (Å²) in [5, 5.41) is 1.98. The van der Waals surface area contributed by atoms with Crippen LogP contribution >= 0.6 is 0 Å². The molecule has 2 atom stereocenters. The molecule has 0 aliphatic carbocycles. The van der Waals surface area contributed by atoms with Gasteiger partial charge < -0.3 is 15.5 Å². The molecule has 0 spiro atoms. The molecule has 2 saturated heterocycles. The highest BCUT2D eigenvalue weighted by molar-refractivity contribution is 6.05. The summed E-state index contributed by atoms with van der Waals surface area (Å²) in [6, 6.07) is 17.5. The van der Waals surface area contributed by atoms with Gasteiger partial charge in [0.2, 0.25) is 5.91 Å². The normalized spacial score (nSPS) is 20.6. The van der Waals surface area contributed by atoms with Crippen LogP contribution in [0.15, 0.2) is 60.8 Å². The average Bonchev–Trinajstić information content (AvgIpc) is 3.37. The van der Waals surface area contributed by atoms with Gasteiger partial charge in [0.1, 0.15) is 5.69 Å². The van der Waals surface area contributed by atoms with Crippen LogP contribution in [0.4, 0.5) is 0 Å². The van der Waals surface area contributed by atoms with Crippen molar-refractivity contribution in [2.24, 2.45) is 17.6 Å². The van der Waals surface area contributed by atoms with Crippen molar-refractivity contribution in [2.75, 3.05) is 32.7 Å². The minimum atomic E-state index is -0.359. The number of hydrogen-bond acceptors (Lipinski definition) is 4. The fraction of sp³-hybridized carbons (Fsp3) is 0.346. The van der Waals surface area contributed by atoms with Crippen molar-refractivity contribution in [1.82, 2.24) is 14.8 Å². The third kappa shape index (κ3) is 3.98. The molecular weight excluding hydrogens is 400 g/mol. The molecule has 2 aliphatic rings. The van der Waals surface area contributed by atoms with Crippen molar-refractivity contribution in [3.8, 4) is 0 Å². The van der Waals surface area contributed by atoms with Crippen molar-refractivity contribution < 1.29 is 9.59 Å². The summed E-state index contributed by atoms with van der Waals surface area (Å²) in [6.45, 7) is 4.65. The Kier molecular flexibility index (Phi) is 5.62. The molecule has 164 valence electrons. The van der Waals surface area contributed by atoms with Gasteiger partial charge in [-0.3, -0.25) is 14.6 Å². The SMILES string of the molecule is NC(=O)c1ccccc1CCCN1CC2CN(C(=O)c3nccc4ccccc34)C[C@@H]2C1. The molecule has 1 aromatic heterocycles. The van der Waals surface area contributed by atoms with Crippen LogP contribution in [0.5, 0.6) is 0 Å². The second kappa shape index (κ2) is 8.71. The summed E-state index contributed by atoms with van der Waals surface area (Å²) in [5.41, 5.74) is 7.71. The number of carbonyl (C=O) groups excluding carboxylic acids is 2. The summed E-state index contributed by atoms with van der Waals surface area (Å²) in [5.74, 6) is 0.728. The van der Waals surface area contributed by atoms with E-state index in [1.165, 1.54) is 0 Å². The summed E-state index contributed by atoms with van der Waals surface area (Å²) >= 11 is 0. The van der Waals surface area contributed by atoms with Crippen LogP contribution in [0.1, 0.15) is 32.8 Å². The number of aromatic nitrogens is 1. The van der Waals surface area contributed by atoms with Gasteiger partial charge in [-0.2, -0.15) is 0 Å². The molecule has 0 radical (unpaired) electrons. The van der Waals surface area contributed by atoms with Crippen LogP contribution in [-0.4, -0.2) is 59.3 Å². The van der Waals surface area contributed by atoms with E-state index < -0.39 is 0 Å². The largest absolute Gasteiger partial charge is 0.366 e. The highest BCUT2D eigenvalue weighted by atomic mass is 16.2. The van der Waals surface area contributed by atoms with E-state index in [0.29, 0.717) is 23.1 Å². The second-order valence-corrected chi connectivity index (χ2v) is 9.00. The van der Waals surface area contributed by atoms with Gasteiger partial charge in [-0.05, 0) is 54.3 Å². The molecule has 3 heterocycles. The van der Waals surface area contributed by atoms with E-state index in [9.17, 15) is 9.59 Å². The third-order valence-corrected chi connectivity index (χ3v) is 6.93. The van der Waals surface area contributed by atoms with E-state index in [4.69, 9.17) is 5.73 Å². The van der Waals surface area contributed by atoms with Crippen LogP contribution in [0.2, 0.25) is 0 Å². The van der Waals surface area contributed by atoms with Crippen LogP contribution in [-0.2, 0) is 6.42 Å². The number of nitrogens with two attached hydrogens (primary N) is 1. The van der Waals surface area contributed by atoms with Gasteiger partial charge >= 0.3 is 0 Å². The topological polar surface area (TPSA) is 79.5 Å². The maximum Gasteiger partial charge on any atom is 0.273 e. The lowest BCUT2D eigenvalue weighted by molar-refractivity contribution is 0.0770. The number of likely N-dealkylation sites (tertiary alicyclic amines) is 2. The Morgan fingerprint density at radius 3 is 2.44 bits per heavy atom. The maximum absolute atomic E-state index is 13.2. The van der Waals surface area contributed by atoms with Crippen molar-refractivity contribution in [3.05, 3.63) is 77.6 Å². The minimum absolute atomic E-state index is 0.0470. The minimum Gasteiger partial charge on any atom is -0.366 e. The second-order valence-electron chi connectivity index (χ2n) is 9.00. The Morgan fingerprint density at radius 1 is 0.938 bits per heavy atom. The average molecular weight is 429 g/mol. The number of aryl methyl sites for hydroxylation is 1. The molecular formula is C26H28N4O2. The molecule has 32 heavy (non-hydrogen) atoms. The highest BCUT2D eigenvalue weighted by Crippen LogP contribution is 2.32. The smallest absolute Gasteiger partial charge is 0.273 e. The number of amides is 2. The lowest BCUT2D eigenvalue weighted by Gasteiger charge is -2.22. The number of pyridine rings is 1. The summed E-state index contributed by atoms with van der Waals surface area (Å²) in [4.78, 5) is 33.7. The number of carbonyl (C=O) groups is 2. The summed E-state index contributed by atoms with van der Waals surface area (Å²) in [6.07, 6.45) is 3.57. The standard InChI is InChI=1S/C26H28N4O2/c27-25(31)23-10-4-2-6-18(23)8-5-13-29-14-20-16-30(17-21(20)15-29)26(32)24-22-9-3-1-7-19(22)11-12-28-24/h1-4,6-7,9-12,20-21H,5,8,13-17H2,(H2,27,31)/t20-,21?/m0/s1. The van der Waals surface area contributed by atoms with E-state index >= 15 is 0 Å². The van der Waals surface area contributed by atoms with Gasteiger partial charge in [0.15, 0.2) is 0 Å². The van der Waals surface area contributed by atoms with Crippen molar-refractivity contribution in [1.29, 1.82) is 0 Å². The first-order valence-electron chi connectivity index (χ1n) is 11.3. The first-order chi connectivity index (χ1) is 15.6. The Labute approximate surface area is 188 Å². The number of primary amides is 1. The van der Waals surface area contributed by atoms with E-state index in [0.717, 1.165) is 61.9 Å². The van der Waals surface area contributed by atoms with Crippen LogP contribution in [0.3, 0.4) is 0 Å². The van der Waals surface area contributed by atoms with E-state index in [1.807, 2.05) is 53.4 Å². The van der Waals surface area contributed by atoms with Crippen LogP contribution < -0.4 is 5.73 Å². The van der Waals surface area contributed by atoms with Crippen LogP contribution in [0, 0.1) is 11.8 Å². The molecule has 6 nitrogen and oxygen atoms in total. The predicted octanol–water partition coefficient (Wildman–Crippen LogP) is 2.97. The Balaban J connectivity index is 1.16. The quantitative estimate of drug-likeness (QED) is 0.655. The Morgan fingerprint density at radius 2 is 1.66 bits per heavy atom. The molecule has 6 heteroatoms. The summed E-state index contributed by atoms with van der Waals surface area (Å²) in [7, 11) is 0. The maximum atomic E-state index is 13.2. The molecule has 2 aromatic carbocycles. The molecule has 2 amide bonds. The van der Waals surface area contributed by atoms with Gasteiger partial charge in [0, 0.05) is 43.3 Å². The lowest BCUT2D eigenvalue weighted by atomic mass is 10.0. The molecule has 2 aliphatic heterocycles. The predicted molar refractivity (Wildman–Crippen MR) is 124 cm³/mol.